The van der Waals surface area contributed by atoms with Crippen LogP contribution in [0.2, 0.25) is 0 Å². The quantitative estimate of drug-likeness (QED) is 0.700. The fourth-order valence-corrected chi connectivity index (χ4v) is 3.91. The number of carbonyl (C=O) groups excluding carboxylic acids is 1. The molecule has 1 amide bonds. The first kappa shape index (κ1) is 10.6. The summed E-state index contributed by atoms with van der Waals surface area (Å²) < 4.78 is 6.23. The smallest absolute Gasteiger partial charge is 0.225 e. The van der Waals surface area contributed by atoms with Gasteiger partial charge in [0.15, 0.2) is 0 Å². The van der Waals surface area contributed by atoms with E-state index >= 15 is 0 Å². The van der Waals surface area contributed by atoms with Gasteiger partial charge in [0.25, 0.3) is 0 Å². The van der Waals surface area contributed by atoms with E-state index in [2.05, 4.69) is 31.2 Å². The Morgan fingerprint density at radius 3 is 3.11 bits per heavy atom. The molecule has 1 aromatic rings. The summed E-state index contributed by atoms with van der Waals surface area (Å²) in [6, 6.07) is 8.58. The fourth-order valence-electron chi connectivity index (χ4n) is 3.91. The van der Waals surface area contributed by atoms with Crippen LogP contribution in [-0.2, 0) is 16.0 Å². The first-order valence-corrected chi connectivity index (χ1v) is 6.77. The van der Waals surface area contributed by atoms with Gasteiger partial charge in [-0.3, -0.25) is 4.79 Å². The molecule has 18 heavy (non-hydrogen) atoms. The van der Waals surface area contributed by atoms with Crippen molar-refractivity contribution < 1.29 is 9.53 Å². The zero-order valence-electron chi connectivity index (χ0n) is 10.6. The van der Waals surface area contributed by atoms with Crippen molar-refractivity contribution in [3.63, 3.8) is 0 Å². The number of rotatable bonds is 0. The van der Waals surface area contributed by atoms with Crippen molar-refractivity contribution in [3.05, 3.63) is 35.4 Å². The van der Waals surface area contributed by atoms with E-state index in [0.29, 0.717) is 6.42 Å². The summed E-state index contributed by atoms with van der Waals surface area (Å²) in [5, 5.41) is 0. The number of ether oxygens (including phenoxy) is 1. The molecule has 3 atom stereocenters. The Kier molecular flexibility index (Phi) is 1.97. The van der Waals surface area contributed by atoms with Gasteiger partial charge in [0.2, 0.25) is 5.91 Å². The molecule has 0 spiro atoms. The second-order valence-electron chi connectivity index (χ2n) is 5.80. The van der Waals surface area contributed by atoms with Crippen molar-refractivity contribution in [1.82, 2.24) is 4.90 Å². The van der Waals surface area contributed by atoms with Crippen molar-refractivity contribution in [2.75, 3.05) is 0 Å². The van der Waals surface area contributed by atoms with Crippen LogP contribution in [0.25, 0.3) is 0 Å². The fraction of sp³-hybridized carbons (Fsp3) is 0.533. The van der Waals surface area contributed by atoms with Gasteiger partial charge in [-0.05, 0) is 30.9 Å². The molecule has 3 heteroatoms. The van der Waals surface area contributed by atoms with Crippen molar-refractivity contribution in [2.24, 2.45) is 0 Å². The van der Waals surface area contributed by atoms with Crippen molar-refractivity contribution in [3.8, 4) is 0 Å². The summed E-state index contributed by atoms with van der Waals surface area (Å²) >= 11 is 0. The van der Waals surface area contributed by atoms with Gasteiger partial charge < -0.3 is 9.64 Å². The minimum atomic E-state index is -0.363. The van der Waals surface area contributed by atoms with Crippen LogP contribution in [-0.4, -0.2) is 22.6 Å². The van der Waals surface area contributed by atoms with Gasteiger partial charge in [-0.25, -0.2) is 0 Å². The molecule has 0 N–H and O–H groups in total. The zero-order valence-corrected chi connectivity index (χ0v) is 10.6. The summed E-state index contributed by atoms with van der Waals surface area (Å²) in [7, 11) is 0. The van der Waals surface area contributed by atoms with Crippen LogP contribution < -0.4 is 0 Å². The molecule has 1 aliphatic carbocycles. The monoisotopic (exact) mass is 243 g/mol. The molecule has 0 radical (unpaired) electrons. The first-order valence-electron chi connectivity index (χ1n) is 6.77. The van der Waals surface area contributed by atoms with E-state index in [1.54, 1.807) is 0 Å². The minimum Gasteiger partial charge on any atom is -0.350 e. The Labute approximate surface area is 107 Å². The molecule has 3 aliphatic rings. The third-order valence-corrected chi connectivity index (χ3v) is 4.64. The molecule has 3 nitrogen and oxygen atoms in total. The van der Waals surface area contributed by atoms with Crippen LogP contribution in [0.5, 0.6) is 0 Å². The van der Waals surface area contributed by atoms with E-state index in [0.717, 1.165) is 19.3 Å². The van der Waals surface area contributed by atoms with Crippen molar-refractivity contribution in [2.45, 2.75) is 50.5 Å². The molecule has 0 aromatic heterocycles. The Bertz CT molecular complexity index is 527. The van der Waals surface area contributed by atoms with E-state index in [9.17, 15) is 4.79 Å². The number of carbonyl (C=O) groups is 1. The lowest BCUT2D eigenvalue weighted by molar-refractivity contribution is -0.159. The maximum Gasteiger partial charge on any atom is 0.225 e. The van der Waals surface area contributed by atoms with Gasteiger partial charge >= 0.3 is 0 Å². The van der Waals surface area contributed by atoms with Crippen LogP contribution in [0, 0.1) is 0 Å². The average Bonchev–Trinajstić information content (AvgIpc) is 2.80. The predicted octanol–water partition coefficient (Wildman–Crippen LogP) is 2.41. The molecule has 2 fully saturated rings. The summed E-state index contributed by atoms with van der Waals surface area (Å²) in [6.07, 6.45) is 3.69. The van der Waals surface area contributed by atoms with Gasteiger partial charge in [0.1, 0.15) is 5.72 Å². The molecule has 0 saturated carbocycles. The van der Waals surface area contributed by atoms with Gasteiger partial charge in [-0.15, -0.1) is 0 Å². The summed E-state index contributed by atoms with van der Waals surface area (Å²) in [5.41, 5.74) is 2.27. The molecule has 2 aliphatic heterocycles. The van der Waals surface area contributed by atoms with Crippen LogP contribution in [0.1, 0.15) is 43.4 Å². The van der Waals surface area contributed by atoms with Crippen LogP contribution in [0.4, 0.5) is 0 Å². The second kappa shape index (κ2) is 3.35. The number of benzene rings is 1. The predicted molar refractivity (Wildman–Crippen MR) is 66.9 cm³/mol. The Hall–Kier alpha value is -1.35. The second-order valence-corrected chi connectivity index (χ2v) is 5.80. The van der Waals surface area contributed by atoms with E-state index in [-0.39, 0.29) is 23.8 Å². The highest BCUT2D eigenvalue weighted by molar-refractivity contribution is 5.79. The molecular formula is C15H17NO2. The summed E-state index contributed by atoms with van der Waals surface area (Å²) in [4.78, 5) is 14.3. The largest absolute Gasteiger partial charge is 0.350 e. The Morgan fingerprint density at radius 2 is 2.22 bits per heavy atom. The molecule has 2 saturated heterocycles. The lowest BCUT2D eigenvalue weighted by Gasteiger charge is -2.40. The third-order valence-electron chi connectivity index (χ3n) is 4.64. The summed E-state index contributed by atoms with van der Waals surface area (Å²) in [5.74, 6) is 0.257. The Balaban J connectivity index is 1.82. The molecule has 4 rings (SSSR count). The molecular weight excluding hydrogens is 226 g/mol. The first-order chi connectivity index (χ1) is 8.69. The number of amides is 1. The minimum absolute atomic E-state index is 0.152. The van der Waals surface area contributed by atoms with Crippen LogP contribution in [0.15, 0.2) is 24.3 Å². The maximum absolute atomic E-state index is 12.3. The van der Waals surface area contributed by atoms with Crippen molar-refractivity contribution in [1.29, 1.82) is 0 Å². The molecule has 0 bridgehead atoms. The molecule has 2 heterocycles. The third kappa shape index (κ3) is 1.20. The topological polar surface area (TPSA) is 29.5 Å². The number of fused-ring (bicyclic) bond motifs is 5. The highest BCUT2D eigenvalue weighted by atomic mass is 16.5. The number of hydrogen-bond acceptors (Lipinski definition) is 2. The van der Waals surface area contributed by atoms with Crippen LogP contribution in [0.3, 0.4) is 0 Å². The van der Waals surface area contributed by atoms with Crippen LogP contribution >= 0.6 is 0 Å². The maximum atomic E-state index is 12.3. The highest BCUT2D eigenvalue weighted by Crippen LogP contribution is 2.51. The molecule has 0 unspecified atom stereocenters. The van der Waals surface area contributed by atoms with Crippen molar-refractivity contribution >= 4 is 5.91 Å². The van der Waals surface area contributed by atoms with Gasteiger partial charge in [-0.1, -0.05) is 24.3 Å². The van der Waals surface area contributed by atoms with E-state index in [1.165, 1.54) is 11.1 Å². The SMILES string of the molecule is C[C@]12CCCC(=O)N1[C@@H]1c3ccccc3C[C@@H]1O2. The van der Waals surface area contributed by atoms with Gasteiger partial charge in [0.05, 0.1) is 12.1 Å². The number of nitrogens with zero attached hydrogens (tertiary/aromatic N) is 1. The normalized spacial score (nSPS) is 37.4. The lowest BCUT2D eigenvalue weighted by atomic mass is 9.96. The highest BCUT2D eigenvalue weighted by Gasteiger charge is 2.56. The standard InChI is InChI=1S/C15H17NO2/c1-15-8-4-7-13(17)16(15)14-11-6-3-2-5-10(11)9-12(14)18-15/h2-3,5-6,12,14H,4,7-9H2,1H3/t12-,14+,15-/m0/s1. The number of piperidine rings is 1. The average molecular weight is 243 g/mol. The molecule has 1 aromatic carbocycles. The molecule has 94 valence electrons. The lowest BCUT2D eigenvalue weighted by Crippen LogP contribution is -2.49. The zero-order chi connectivity index (χ0) is 12.3. The van der Waals surface area contributed by atoms with E-state index in [4.69, 9.17) is 4.74 Å². The summed E-state index contributed by atoms with van der Waals surface area (Å²) in [6.45, 7) is 2.07. The van der Waals surface area contributed by atoms with Gasteiger partial charge in [-0.2, -0.15) is 0 Å². The number of hydrogen-bond donors (Lipinski definition) is 0. The van der Waals surface area contributed by atoms with Gasteiger partial charge in [0, 0.05) is 12.8 Å². The Morgan fingerprint density at radius 1 is 1.39 bits per heavy atom. The van der Waals surface area contributed by atoms with E-state index < -0.39 is 0 Å². The van der Waals surface area contributed by atoms with E-state index in [1.807, 2.05) is 4.90 Å².